The molecular formula is C17H22N4OS. The Hall–Kier alpha value is -1.50. The van der Waals surface area contributed by atoms with Crippen molar-refractivity contribution in [3.05, 3.63) is 41.2 Å². The van der Waals surface area contributed by atoms with E-state index in [9.17, 15) is 0 Å². The van der Waals surface area contributed by atoms with Gasteiger partial charge in [0.25, 0.3) is 0 Å². The van der Waals surface area contributed by atoms with Crippen molar-refractivity contribution >= 4 is 16.7 Å². The van der Waals surface area contributed by atoms with Gasteiger partial charge in [-0.2, -0.15) is 4.37 Å². The molecule has 0 radical (unpaired) electrons. The van der Waals surface area contributed by atoms with Crippen LogP contribution >= 0.6 is 11.5 Å². The molecule has 1 saturated carbocycles. The van der Waals surface area contributed by atoms with E-state index in [2.05, 4.69) is 43.8 Å². The van der Waals surface area contributed by atoms with Crippen LogP contribution in [0.1, 0.15) is 35.7 Å². The molecule has 1 aliphatic heterocycles. The van der Waals surface area contributed by atoms with Crippen molar-refractivity contribution in [1.29, 1.82) is 0 Å². The Morgan fingerprint density at radius 3 is 2.61 bits per heavy atom. The maximum atomic E-state index is 5.39. The van der Waals surface area contributed by atoms with Gasteiger partial charge in [0, 0.05) is 43.6 Å². The van der Waals surface area contributed by atoms with Gasteiger partial charge in [0.05, 0.1) is 13.2 Å². The van der Waals surface area contributed by atoms with Crippen LogP contribution in [-0.2, 0) is 17.8 Å². The van der Waals surface area contributed by atoms with Gasteiger partial charge in [0.15, 0.2) is 0 Å². The van der Waals surface area contributed by atoms with E-state index in [-0.39, 0.29) is 0 Å². The molecule has 5 nitrogen and oxygen atoms in total. The molecule has 1 aliphatic carbocycles. The van der Waals surface area contributed by atoms with Crippen molar-refractivity contribution in [2.75, 3.05) is 31.6 Å². The third-order valence-corrected chi connectivity index (χ3v) is 5.05. The lowest BCUT2D eigenvalue weighted by Gasteiger charge is -2.26. The Morgan fingerprint density at radius 2 is 1.87 bits per heavy atom. The summed E-state index contributed by atoms with van der Waals surface area (Å²) in [6.45, 7) is 5.59. The van der Waals surface area contributed by atoms with E-state index in [0.29, 0.717) is 5.92 Å². The normalized spacial score (nSPS) is 19.0. The van der Waals surface area contributed by atoms with Crippen LogP contribution in [0.3, 0.4) is 0 Å². The Bertz CT molecular complexity index is 632. The number of nitrogens with one attached hydrogen (secondary N) is 1. The molecular weight excluding hydrogens is 308 g/mol. The van der Waals surface area contributed by atoms with Crippen LogP contribution in [0.25, 0.3) is 0 Å². The molecule has 2 aromatic rings. The summed E-state index contributed by atoms with van der Waals surface area (Å²) in [4.78, 5) is 7.00. The first-order valence-corrected chi connectivity index (χ1v) is 9.09. The molecule has 1 saturated heterocycles. The number of benzene rings is 1. The van der Waals surface area contributed by atoms with Crippen LogP contribution in [0, 0.1) is 0 Å². The molecule has 0 amide bonds. The van der Waals surface area contributed by atoms with Crippen molar-refractivity contribution < 1.29 is 4.74 Å². The summed E-state index contributed by atoms with van der Waals surface area (Å²) in [7, 11) is 0. The number of morpholine rings is 1. The van der Waals surface area contributed by atoms with E-state index < -0.39 is 0 Å². The van der Waals surface area contributed by atoms with Gasteiger partial charge in [-0.05, 0) is 24.0 Å². The van der Waals surface area contributed by atoms with Gasteiger partial charge in [0.1, 0.15) is 5.82 Å². The molecule has 2 fully saturated rings. The number of hydrogen-bond donors (Lipinski definition) is 1. The summed E-state index contributed by atoms with van der Waals surface area (Å²) in [5.74, 6) is 1.65. The largest absolute Gasteiger partial charge is 0.379 e. The zero-order valence-electron chi connectivity index (χ0n) is 13.2. The molecule has 23 heavy (non-hydrogen) atoms. The topological polar surface area (TPSA) is 50.3 Å². The minimum absolute atomic E-state index is 0.626. The smallest absolute Gasteiger partial charge is 0.202 e. The van der Waals surface area contributed by atoms with E-state index in [1.54, 1.807) is 0 Å². The SMILES string of the molecule is c1cc(CN2CCOCC2)ccc1CNc1nc(C2CC2)ns1. The molecule has 0 unspecified atom stereocenters. The maximum Gasteiger partial charge on any atom is 0.202 e. The summed E-state index contributed by atoms with van der Waals surface area (Å²) >= 11 is 1.47. The zero-order chi connectivity index (χ0) is 15.5. The summed E-state index contributed by atoms with van der Waals surface area (Å²) in [6.07, 6.45) is 2.50. The second kappa shape index (κ2) is 6.95. The molecule has 122 valence electrons. The third-order valence-electron chi connectivity index (χ3n) is 4.36. The first-order chi connectivity index (χ1) is 11.4. The highest BCUT2D eigenvalue weighted by molar-refractivity contribution is 7.09. The van der Waals surface area contributed by atoms with Crippen molar-refractivity contribution in [3.8, 4) is 0 Å². The number of rotatable bonds is 6. The summed E-state index contributed by atoms with van der Waals surface area (Å²) in [6, 6.07) is 8.85. The van der Waals surface area contributed by atoms with E-state index in [0.717, 1.165) is 50.3 Å². The fourth-order valence-corrected chi connectivity index (χ4v) is 3.41. The molecule has 1 aromatic heterocycles. The molecule has 1 N–H and O–H groups in total. The summed E-state index contributed by atoms with van der Waals surface area (Å²) < 4.78 is 9.81. The van der Waals surface area contributed by atoms with Crippen molar-refractivity contribution in [1.82, 2.24) is 14.3 Å². The Kier molecular flexibility index (Phi) is 4.55. The second-order valence-electron chi connectivity index (χ2n) is 6.29. The molecule has 0 bridgehead atoms. The van der Waals surface area contributed by atoms with Gasteiger partial charge in [-0.15, -0.1) is 0 Å². The van der Waals surface area contributed by atoms with Crippen molar-refractivity contribution in [2.24, 2.45) is 0 Å². The third kappa shape index (κ3) is 4.07. The Balaban J connectivity index is 1.28. The van der Waals surface area contributed by atoms with Crippen LogP contribution in [0.15, 0.2) is 24.3 Å². The van der Waals surface area contributed by atoms with E-state index in [1.807, 2.05) is 0 Å². The lowest BCUT2D eigenvalue weighted by atomic mass is 10.1. The van der Waals surface area contributed by atoms with Crippen LogP contribution in [0.5, 0.6) is 0 Å². The van der Waals surface area contributed by atoms with Crippen molar-refractivity contribution in [2.45, 2.75) is 31.8 Å². The predicted octanol–water partition coefficient (Wildman–Crippen LogP) is 2.86. The molecule has 2 heterocycles. The molecule has 4 rings (SSSR count). The van der Waals surface area contributed by atoms with Gasteiger partial charge >= 0.3 is 0 Å². The van der Waals surface area contributed by atoms with Gasteiger partial charge in [-0.1, -0.05) is 24.3 Å². The number of hydrogen-bond acceptors (Lipinski definition) is 6. The summed E-state index contributed by atoms with van der Waals surface area (Å²) in [5, 5.41) is 4.32. The fourth-order valence-electron chi connectivity index (χ4n) is 2.77. The average Bonchev–Trinajstić information content (AvgIpc) is 3.34. The van der Waals surface area contributed by atoms with Crippen LogP contribution in [-0.4, -0.2) is 40.6 Å². The first kappa shape index (κ1) is 15.1. The van der Waals surface area contributed by atoms with Crippen LogP contribution < -0.4 is 5.32 Å². The lowest BCUT2D eigenvalue weighted by Crippen LogP contribution is -2.35. The quantitative estimate of drug-likeness (QED) is 0.882. The Morgan fingerprint density at radius 1 is 1.13 bits per heavy atom. The van der Waals surface area contributed by atoms with E-state index in [4.69, 9.17) is 4.74 Å². The molecule has 6 heteroatoms. The highest BCUT2D eigenvalue weighted by atomic mass is 32.1. The number of aromatic nitrogens is 2. The first-order valence-electron chi connectivity index (χ1n) is 8.32. The number of anilines is 1. The average molecular weight is 330 g/mol. The highest BCUT2D eigenvalue weighted by Gasteiger charge is 2.27. The lowest BCUT2D eigenvalue weighted by molar-refractivity contribution is 0.0342. The molecule has 1 aromatic carbocycles. The minimum Gasteiger partial charge on any atom is -0.379 e. The van der Waals surface area contributed by atoms with Crippen LogP contribution in [0.4, 0.5) is 5.13 Å². The standard InChI is InChI=1S/C17H22N4OS/c1-3-14(12-21-7-9-22-10-8-21)4-2-13(1)11-18-17-19-16(20-23-17)15-5-6-15/h1-4,15H,5-12H2,(H,18,19,20). The van der Waals surface area contributed by atoms with Crippen LogP contribution in [0.2, 0.25) is 0 Å². The fraction of sp³-hybridized carbons (Fsp3) is 0.529. The Labute approximate surface area is 140 Å². The maximum absolute atomic E-state index is 5.39. The van der Waals surface area contributed by atoms with Gasteiger partial charge in [-0.25, -0.2) is 4.98 Å². The summed E-state index contributed by atoms with van der Waals surface area (Å²) in [5.41, 5.74) is 2.64. The van der Waals surface area contributed by atoms with E-state index in [1.165, 1.54) is 35.5 Å². The monoisotopic (exact) mass is 330 g/mol. The molecule has 0 spiro atoms. The second-order valence-corrected chi connectivity index (χ2v) is 7.04. The van der Waals surface area contributed by atoms with E-state index >= 15 is 0 Å². The minimum atomic E-state index is 0.626. The van der Waals surface area contributed by atoms with Crippen molar-refractivity contribution in [3.63, 3.8) is 0 Å². The number of nitrogens with zero attached hydrogens (tertiary/aromatic N) is 3. The molecule has 0 atom stereocenters. The highest BCUT2D eigenvalue weighted by Crippen LogP contribution is 2.39. The predicted molar refractivity (Wildman–Crippen MR) is 91.7 cm³/mol. The van der Waals surface area contributed by atoms with Gasteiger partial charge < -0.3 is 10.1 Å². The zero-order valence-corrected chi connectivity index (χ0v) is 14.0. The van der Waals surface area contributed by atoms with Gasteiger partial charge in [0.2, 0.25) is 5.13 Å². The van der Waals surface area contributed by atoms with Gasteiger partial charge in [-0.3, -0.25) is 4.90 Å². The molecule has 2 aliphatic rings. The number of ether oxygens (including phenoxy) is 1.